The fourth-order valence-corrected chi connectivity index (χ4v) is 2.99. The number of rotatable bonds is 6. The normalized spacial score (nSPS) is 21.7. The van der Waals surface area contributed by atoms with Crippen molar-refractivity contribution in [3.05, 3.63) is 48.1 Å². The van der Waals surface area contributed by atoms with Gasteiger partial charge in [-0.3, -0.25) is 0 Å². The quantitative estimate of drug-likeness (QED) is 0.863. The van der Waals surface area contributed by atoms with Crippen molar-refractivity contribution < 1.29 is 23.4 Å². The minimum absolute atomic E-state index is 0.0623. The zero-order chi connectivity index (χ0) is 17.9. The second-order valence-corrected chi connectivity index (χ2v) is 6.22. The molecule has 8 heteroatoms. The van der Waals surface area contributed by atoms with E-state index in [0.29, 0.717) is 13.0 Å². The van der Waals surface area contributed by atoms with Gasteiger partial charge in [0.2, 0.25) is 0 Å². The lowest BCUT2D eigenvalue weighted by Crippen LogP contribution is -2.46. The van der Waals surface area contributed by atoms with Gasteiger partial charge in [-0.2, -0.15) is 5.10 Å². The van der Waals surface area contributed by atoms with E-state index in [9.17, 15) is 13.9 Å². The minimum Gasteiger partial charge on any atom is -0.380 e. The van der Waals surface area contributed by atoms with Crippen LogP contribution in [0.3, 0.4) is 0 Å². The maximum Gasteiger partial charge on any atom is 0.158 e. The number of hydrogen-bond acceptors (Lipinski definition) is 5. The Balaban J connectivity index is 1.89. The highest BCUT2D eigenvalue weighted by Gasteiger charge is 2.41. The summed E-state index contributed by atoms with van der Waals surface area (Å²) in [6.07, 6.45) is 4.08. The van der Waals surface area contributed by atoms with Crippen molar-refractivity contribution in [1.29, 1.82) is 0 Å². The van der Waals surface area contributed by atoms with Gasteiger partial charge in [-0.05, 0) is 32.3 Å². The van der Waals surface area contributed by atoms with Gasteiger partial charge in [-0.25, -0.2) is 18.4 Å². The second kappa shape index (κ2) is 7.55. The van der Waals surface area contributed by atoms with Crippen LogP contribution in [0.2, 0.25) is 0 Å². The predicted octanol–water partition coefficient (Wildman–Crippen LogP) is 2.38. The molecule has 0 aliphatic carbocycles. The Kier molecular flexibility index (Phi) is 5.41. The van der Waals surface area contributed by atoms with Crippen molar-refractivity contribution in [2.75, 3.05) is 6.61 Å². The summed E-state index contributed by atoms with van der Waals surface area (Å²) in [7, 11) is 0. The van der Waals surface area contributed by atoms with Crippen LogP contribution in [-0.2, 0) is 21.6 Å². The number of benzene rings is 1. The summed E-state index contributed by atoms with van der Waals surface area (Å²) < 4.78 is 40.4. The Bertz CT molecular complexity index is 692. The van der Waals surface area contributed by atoms with Crippen molar-refractivity contribution in [3.63, 3.8) is 0 Å². The molecule has 136 valence electrons. The molecule has 1 saturated heterocycles. The Morgan fingerprint density at radius 2 is 2.28 bits per heavy atom. The highest BCUT2D eigenvalue weighted by atomic mass is 19.1. The molecule has 2 aromatic rings. The van der Waals surface area contributed by atoms with E-state index < -0.39 is 29.6 Å². The fraction of sp³-hybridized carbons (Fsp3) is 0.529. The van der Waals surface area contributed by atoms with Gasteiger partial charge < -0.3 is 14.6 Å². The lowest BCUT2D eigenvalue weighted by atomic mass is 9.88. The lowest BCUT2D eigenvalue weighted by molar-refractivity contribution is -0.229. The molecule has 1 aliphatic heterocycles. The molecule has 0 radical (unpaired) electrons. The first-order valence-corrected chi connectivity index (χ1v) is 8.26. The average Bonchev–Trinajstić information content (AvgIpc) is 3.08. The molecule has 1 N–H and O–H groups in total. The smallest absolute Gasteiger partial charge is 0.158 e. The maximum atomic E-state index is 14.4. The van der Waals surface area contributed by atoms with Gasteiger partial charge >= 0.3 is 0 Å². The molecule has 1 aliphatic rings. The molecular formula is C17H21F2N3O3. The van der Waals surface area contributed by atoms with Crippen LogP contribution in [0.15, 0.2) is 30.9 Å². The maximum absolute atomic E-state index is 14.4. The topological polar surface area (TPSA) is 69.4 Å². The van der Waals surface area contributed by atoms with Crippen molar-refractivity contribution in [2.24, 2.45) is 0 Å². The number of nitrogens with zero attached hydrogens (tertiary/aromatic N) is 3. The molecule has 0 spiro atoms. The van der Waals surface area contributed by atoms with Gasteiger partial charge in [0.05, 0.1) is 12.6 Å². The molecule has 0 saturated carbocycles. The van der Waals surface area contributed by atoms with Gasteiger partial charge in [-0.1, -0.05) is 6.07 Å². The third kappa shape index (κ3) is 4.02. The summed E-state index contributed by atoms with van der Waals surface area (Å²) >= 11 is 0. The van der Waals surface area contributed by atoms with Crippen LogP contribution in [0.4, 0.5) is 8.78 Å². The van der Waals surface area contributed by atoms with E-state index in [-0.39, 0.29) is 12.1 Å². The van der Waals surface area contributed by atoms with Crippen LogP contribution in [0.25, 0.3) is 0 Å². The first-order valence-electron chi connectivity index (χ1n) is 8.26. The van der Waals surface area contributed by atoms with E-state index in [1.807, 2.05) is 0 Å². The summed E-state index contributed by atoms with van der Waals surface area (Å²) in [6, 6.07) is 3.07. The Hall–Kier alpha value is -1.90. The third-order valence-corrected chi connectivity index (χ3v) is 4.43. The Morgan fingerprint density at radius 1 is 1.44 bits per heavy atom. The predicted molar refractivity (Wildman–Crippen MR) is 84.4 cm³/mol. The standard InChI is InChI=1S/C17H21F2N3O3/c1-12(25-16-4-2-3-7-24-16)17(23,9-22-11-20-10-21-22)14-6-5-13(18)8-15(14)19/h5-6,8,10-12,16,23H,2-4,7,9H2,1H3/t12-,16?,17-/m1/s1. The van der Waals surface area contributed by atoms with E-state index in [4.69, 9.17) is 9.47 Å². The van der Waals surface area contributed by atoms with E-state index in [1.54, 1.807) is 6.92 Å². The first-order chi connectivity index (χ1) is 12.0. The summed E-state index contributed by atoms with van der Waals surface area (Å²) in [5.41, 5.74) is -1.83. The van der Waals surface area contributed by atoms with Crippen molar-refractivity contribution >= 4 is 0 Å². The molecule has 3 rings (SSSR count). The van der Waals surface area contributed by atoms with Crippen LogP contribution in [0, 0.1) is 11.6 Å². The van der Waals surface area contributed by atoms with E-state index in [0.717, 1.165) is 25.0 Å². The van der Waals surface area contributed by atoms with Crippen molar-refractivity contribution in [3.8, 4) is 0 Å². The number of aliphatic hydroxyl groups is 1. The molecule has 1 aromatic carbocycles. The number of halogens is 2. The third-order valence-electron chi connectivity index (χ3n) is 4.43. The zero-order valence-electron chi connectivity index (χ0n) is 13.9. The molecule has 0 amide bonds. The van der Waals surface area contributed by atoms with E-state index >= 15 is 0 Å². The fourth-order valence-electron chi connectivity index (χ4n) is 2.99. The van der Waals surface area contributed by atoms with Crippen LogP contribution in [0.5, 0.6) is 0 Å². The van der Waals surface area contributed by atoms with Gasteiger partial charge in [0.25, 0.3) is 0 Å². The summed E-state index contributed by atoms with van der Waals surface area (Å²) in [6.45, 7) is 2.13. The van der Waals surface area contributed by atoms with Crippen molar-refractivity contribution in [2.45, 2.75) is 50.7 Å². The van der Waals surface area contributed by atoms with E-state index in [1.165, 1.54) is 23.4 Å². The number of hydrogen-bond donors (Lipinski definition) is 1. The average molecular weight is 353 g/mol. The van der Waals surface area contributed by atoms with Crippen LogP contribution in [-0.4, -0.2) is 38.9 Å². The Morgan fingerprint density at radius 3 is 2.92 bits per heavy atom. The number of ether oxygens (including phenoxy) is 2. The van der Waals surface area contributed by atoms with E-state index in [2.05, 4.69) is 10.1 Å². The van der Waals surface area contributed by atoms with Crippen molar-refractivity contribution in [1.82, 2.24) is 14.8 Å². The minimum atomic E-state index is -1.77. The van der Waals surface area contributed by atoms with Crippen LogP contribution in [0.1, 0.15) is 31.7 Å². The lowest BCUT2D eigenvalue weighted by Gasteiger charge is -2.37. The molecule has 1 aromatic heterocycles. The Labute approximate surface area is 144 Å². The molecule has 1 fully saturated rings. The van der Waals surface area contributed by atoms with Gasteiger partial charge in [0.15, 0.2) is 6.29 Å². The SMILES string of the molecule is C[C@@H](OC1CCCCO1)[C@](O)(Cn1cncn1)c1ccc(F)cc1F. The monoisotopic (exact) mass is 353 g/mol. The second-order valence-electron chi connectivity index (χ2n) is 6.22. The molecule has 1 unspecified atom stereocenters. The highest BCUT2D eigenvalue weighted by molar-refractivity contribution is 5.26. The molecule has 3 atom stereocenters. The highest BCUT2D eigenvalue weighted by Crippen LogP contribution is 2.33. The molecular weight excluding hydrogens is 332 g/mol. The van der Waals surface area contributed by atoms with Crippen LogP contribution < -0.4 is 0 Å². The summed E-state index contributed by atoms with van der Waals surface area (Å²) in [4.78, 5) is 3.83. The largest absolute Gasteiger partial charge is 0.380 e. The summed E-state index contributed by atoms with van der Waals surface area (Å²) in [5.74, 6) is -1.56. The molecule has 25 heavy (non-hydrogen) atoms. The van der Waals surface area contributed by atoms with Gasteiger partial charge in [-0.15, -0.1) is 0 Å². The molecule has 0 bridgehead atoms. The molecule has 6 nitrogen and oxygen atoms in total. The van der Waals surface area contributed by atoms with Crippen LogP contribution >= 0.6 is 0 Å². The molecule has 2 heterocycles. The first kappa shape index (κ1) is 17.9. The summed E-state index contributed by atoms with van der Waals surface area (Å²) in [5, 5.41) is 15.3. The van der Waals surface area contributed by atoms with Gasteiger partial charge in [0.1, 0.15) is 29.9 Å². The zero-order valence-corrected chi connectivity index (χ0v) is 13.9. The van der Waals surface area contributed by atoms with Gasteiger partial charge in [0, 0.05) is 18.2 Å². The number of aromatic nitrogens is 3.